The molecule has 2 aromatic rings. The molecule has 1 amide bonds. The Morgan fingerprint density at radius 3 is 2.38 bits per heavy atom. The number of hydrogen-bond donors (Lipinski definition) is 1. The van der Waals surface area contributed by atoms with Crippen LogP contribution in [0.5, 0.6) is 5.75 Å². The molecule has 8 nitrogen and oxygen atoms in total. The van der Waals surface area contributed by atoms with E-state index in [2.05, 4.69) is 24.1 Å². The first-order valence-corrected chi connectivity index (χ1v) is 10.9. The van der Waals surface area contributed by atoms with Crippen molar-refractivity contribution in [1.82, 2.24) is 19.6 Å². The summed E-state index contributed by atoms with van der Waals surface area (Å²) in [4.78, 5) is 26.0. The first kappa shape index (κ1) is 27.2. The second kappa shape index (κ2) is 12.4. The van der Waals surface area contributed by atoms with Crippen molar-refractivity contribution in [2.24, 2.45) is 5.92 Å². The number of fused-ring (bicyclic) bond motifs is 1. The Morgan fingerprint density at radius 1 is 1.18 bits per heavy atom. The summed E-state index contributed by atoms with van der Waals surface area (Å²) in [6.45, 7) is 5.88. The van der Waals surface area contributed by atoms with Crippen molar-refractivity contribution in [3.8, 4) is 5.75 Å². The monoisotopic (exact) mass is 484 g/mol. The summed E-state index contributed by atoms with van der Waals surface area (Å²) in [5.41, 5.74) is 2.28. The number of carboxylic acids is 1. The average molecular weight is 485 g/mol. The maximum atomic E-state index is 12.9. The molecule has 1 aromatic heterocycles. The molecule has 0 spiro atoms. The zero-order valence-corrected chi connectivity index (χ0v) is 19.6. The number of hydrogen-bond acceptors (Lipinski definition) is 5. The van der Waals surface area contributed by atoms with Crippen molar-refractivity contribution < 1.29 is 32.6 Å². The number of amides is 1. The lowest BCUT2D eigenvalue weighted by molar-refractivity contribution is -0.192. The number of ether oxygens (including phenoxy) is 1. The molecular formula is C23H31F3N4O4. The second-order valence-electron chi connectivity index (χ2n) is 8.29. The molecule has 0 saturated heterocycles. The number of carbonyl (C=O) groups is 2. The van der Waals surface area contributed by atoms with Crippen molar-refractivity contribution in [2.45, 2.75) is 39.0 Å². The van der Waals surface area contributed by atoms with Crippen LogP contribution in [0.3, 0.4) is 0 Å². The molecule has 2 heterocycles. The van der Waals surface area contributed by atoms with Gasteiger partial charge in [0.05, 0.1) is 18.8 Å². The molecule has 1 aromatic carbocycles. The SMILES string of the molecule is CCOc1ccc(CCC(=O)N2Cc3ccnn3CC(CN(C)C)C2)cc1.O=C(O)C(F)(F)F. The van der Waals surface area contributed by atoms with Crippen LogP contribution in [0.25, 0.3) is 0 Å². The van der Waals surface area contributed by atoms with Gasteiger partial charge in [0.25, 0.3) is 0 Å². The smallest absolute Gasteiger partial charge is 0.490 e. The standard InChI is InChI=1S/C21H30N4O2.C2HF3O2/c1-4-27-20-8-5-17(6-9-20)7-10-21(26)24-14-18(13-23(2)3)15-25-19(16-24)11-12-22-25;3-2(4,5)1(6)7/h5-6,8-9,11-12,18H,4,7,10,13-16H2,1-3H3;(H,6,7). The van der Waals surface area contributed by atoms with Crippen molar-refractivity contribution in [1.29, 1.82) is 0 Å². The minimum absolute atomic E-state index is 0.210. The van der Waals surface area contributed by atoms with E-state index >= 15 is 0 Å². The van der Waals surface area contributed by atoms with Crippen LogP contribution in [0.2, 0.25) is 0 Å². The number of carboxylic acid groups (broad SMARTS) is 1. The normalized spacial score (nSPS) is 15.7. The van der Waals surface area contributed by atoms with Crippen molar-refractivity contribution in [3.63, 3.8) is 0 Å². The predicted octanol–water partition coefficient (Wildman–Crippen LogP) is 3.07. The fraction of sp³-hybridized carbons (Fsp3) is 0.522. The van der Waals surface area contributed by atoms with E-state index in [0.717, 1.165) is 43.1 Å². The van der Waals surface area contributed by atoms with Crippen molar-refractivity contribution in [2.75, 3.05) is 33.8 Å². The quantitative estimate of drug-likeness (QED) is 0.650. The van der Waals surface area contributed by atoms with E-state index < -0.39 is 12.1 Å². The predicted molar refractivity (Wildman–Crippen MR) is 119 cm³/mol. The van der Waals surface area contributed by atoms with Crippen LogP contribution in [0.15, 0.2) is 36.5 Å². The summed E-state index contributed by atoms with van der Waals surface area (Å²) >= 11 is 0. The van der Waals surface area contributed by atoms with E-state index in [-0.39, 0.29) is 5.91 Å². The van der Waals surface area contributed by atoms with Gasteiger partial charge in [0.2, 0.25) is 5.91 Å². The molecule has 0 bridgehead atoms. The maximum Gasteiger partial charge on any atom is 0.490 e. The summed E-state index contributed by atoms with van der Waals surface area (Å²) < 4.78 is 39.3. The van der Waals surface area contributed by atoms with Gasteiger partial charge in [-0.25, -0.2) is 4.79 Å². The number of rotatable bonds is 7. The lowest BCUT2D eigenvalue weighted by Gasteiger charge is -2.26. The van der Waals surface area contributed by atoms with Crippen LogP contribution in [-0.4, -0.2) is 76.5 Å². The molecular weight excluding hydrogens is 453 g/mol. The average Bonchev–Trinajstić information content (AvgIpc) is 3.11. The van der Waals surface area contributed by atoms with Gasteiger partial charge in [-0.2, -0.15) is 18.3 Å². The molecule has 3 rings (SSSR count). The molecule has 0 radical (unpaired) electrons. The molecule has 11 heteroatoms. The fourth-order valence-electron chi connectivity index (χ4n) is 3.68. The van der Waals surface area contributed by atoms with Crippen LogP contribution in [0, 0.1) is 5.92 Å². The third-order valence-electron chi connectivity index (χ3n) is 5.15. The highest BCUT2D eigenvalue weighted by Gasteiger charge is 2.38. The van der Waals surface area contributed by atoms with Crippen molar-refractivity contribution >= 4 is 11.9 Å². The second-order valence-corrected chi connectivity index (χ2v) is 8.29. The molecule has 0 fully saturated rings. The summed E-state index contributed by atoms with van der Waals surface area (Å²) in [5.74, 6) is -1.29. The minimum Gasteiger partial charge on any atom is -0.494 e. The molecule has 0 saturated carbocycles. The third-order valence-corrected chi connectivity index (χ3v) is 5.15. The molecule has 1 unspecified atom stereocenters. The largest absolute Gasteiger partial charge is 0.494 e. The van der Waals surface area contributed by atoms with Gasteiger partial charge in [0, 0.05) is 38.2 Å². The number of nitrogens with zero attached hydrogens (tertiary/aromatic N) is 4. The van der Waals surface area contributed by atoms with Crippen LogP contribution in [0.1, 0.15) is 24.6 Å². The summed E-state index contributed by atoms with van der Waals surface area (Å²) in [5, 5.41) is 11.6. The van der Waals surface area contributed by atoms with Crippen LogP contribution in [-0.2, 0) is 29.1 Å². The van der Waals surface area contributed by atoms with Gasteiger partial charge in [-0.15, -0.1) is 0 Å². The maximum absolute atomic E-state index is 12.9. The lowest BCUT2D eigenvalue weighted by Crippen LogP contribution is -2.37. The molecule has 1 atom stereocenters. The number of aliphatic carboxylic acids is 1. The number of benzene rings is 1. The molecule has 0 aliphatic carbocycles. The van der Waals surface area contributed by atoms with Gasteiger partial charge in [0.15, 0.2) is 0 Å². The first-order chi connectivity index (χ1) is 16.0. The third kappa shape index (κ3) is 8.69. The topological polar surface area (TPSA) is 87.9 Å². The molecule has 1 N–H and O–H groups in total. The van der Waals surface area contributed by atoms with Crippen LogP contribution < -0.4 is 4.74 Å². The number of aryl methyl sites for hydroxylation is 1. The van der Waals surface area contributed by atoms with E-state index in [4.69, 9.17) is 14.6 Å². The Morgan fingerprint density at radius 2 is 1.82 bits per heavy atom. The van der Waals surface area contributed by atoms with Gasteiger partial charge in [0.1, 0.15) is 5.75 Å². The van der Waals surface area contributed by atoms with E-state index in [9.17, 15) is 18.0 Å². The summed E-state index contributed by atoms with van der Waals surface area (Å²) in [6.07, 6.45) is -1.98. The Balaban J connectivity index is 0.000000509. The van der Waals surface area contributed by atoms with Crippen LogP contribution in [0.4, 0.5) is 13.2 Å². The molecule has 1 aliphatic heterocycles. The molecule has 1 aliphatic rings. The van der Waals surface area contributed by atoms with E-state index in [1.165, 1.54) is 0 Å². The number of halogens is 3. The molecule has 34 heavy (non-hydrogen) atoms. The van der Waals surface area contributed by atoms with E-state index in [1.54, 1.807) is 0 Å². The Bertz CT molecular complexity index is 929. The van der Waals surface area contributed by atoms with Gasteiger partial charge in [-0.3, -0.25) is 9.48 Å². The van der Waals surface area contributed by atoms with E-state index in [1.807, 2.05) is 53.0 Å². The highest BCUT2D eigenvalue weighted by molar-refractivity contribution is 5.76. The number of aromatic nitrogens is 2. The Hall–Kier alpha value is -3.08. The zero-order chi connectivity index (χ0) is 25.3. The number of alkyl halides is 3. The number of carbonyl (C=O) groups excluding carboxylic acids is 1. The van der Waals surface area contributed by atoms with Gasteiger partial charge in [-0.05, 0) is 51.2 Å². The highest BCUT2D eigenvalue weighted by atomic mass is 19.4. The lowest BCUT2D eigenvalue weighted by atomic mass is 10.1. The molecule has 188 valence electrons. The minimum atomic E-state index is -5.08. The van der Waals surface area contributed by atoms with Gasteiger partial charge in [-0.1, -0.05) is 12.1 Å². The highest BCUT2D eigenvalue weighted by Crippen LogP contribution is 2.19. The van der Waals surface area contributed by atoms with Gasteiger partial charge >= 0.3 is 12.1 Å². The first-order valence-electron chi connectivity index (χ1n) is 10.9. The summed E-state index contributed by atoms with van der Waals surface area (Å²) in [6, 6.07) is 10.1. The Labute approximate surface area is 196 Å². The van der Waals surface area contributed by atoms with Crippen LogP contribution >= 0.6 is 0 Å². The van der Waals surface area contributed by atoms with Crippen molar-refractivity contribution in [3.05, 3.63) is 47.8 Å². The zero-order valence-electron chi connectivity index (χ0n) is 19.6. The summed E-state index contributed by atoms with van der Waals surface area (Å²) in [7, 11) is 4.15. The van der Waals surface area contributed by atoms with Gasteiger partial charge < -0.3 is 19.6 Å². The Kier molecular flexibility index (Phi) is 9.91. The van der Waals surface area contributed by atoms with E-state index in [0.29, 0.717) is 25.5 Å². The fourth-order valence-corrected chi connectivity index (χ4v) is 3.68.